The number of hydrogen-bond acceptors (Lipinski definition) is 51. The summed E-state index contributed by atoms with van der Waals surface area (Å²) in [5.74, 6) is -8.44. The molecule has 0 amide bonds. The lowest BCUT2D eigenvalue weighted by atomic mass is 10.2. The first-order valence-electron chi connectivity index (χ1n) is 45.8. The van der Waals surface area contributed by atoms with E-state index in [4.69, 9.17) is 109 Å². The van der Waals surface area contributed by atoms with Gasteiger partial charge >= 0.3 is 119 Å². The molecule has 812 valence electrons. The van der Waals surface area contributed by atoms with E-state index in [9.17, 15) is 101 Å². The van der Waals surface area contributed by atoms with Gasteiger partial charge in [0.05, 0.1) is 84.8 Å². The molecule has 0 aromatic heterocycles. The smallest absolute Gasteiger partial charge is 0.347 e. The van der Waals surface area contributed by atoms with E-state index in [0.29, 0.717) is 164 Å². The highest BCUT2D eigenvalue weighted by molar-refractivity contribution is 5.81. The third kappa shape index (κ3) is 101. The normalized spacial score (nSPS) is 12.5. The number of hydrogen-bond donors (Lipinski definition) is 0. The van der Waals surface area contributed by atoms with Gasteiger partial charge in [0.1, 0.15) is 106 Å². The van der Waals surface area contributed by atoms with Gasteiger partial charge in [0.2, 0.25) is 6.10 Å². The molecular weight excluding hydrogens is 1880 g/mol. The van der Waals surface area contributed by atoms with Gasteiger partial charge in [0.25, 0.3) is 0 Å². The zero-order chi connectivity index (χ0) is 107. The molecule has 0 aromatic rings. The van der Waals surface area contributed by atoms with E-state index >= 15 is 0 Å². The number of carbonyl (C=O) groups is 21. The van der Waals surface area contributed by atoms with Crippen molar-refractivity contribution in [3.8, 4) is 0 Å². The molecule has 2 atom stereocenters. The molecular formula is C90H152N6O45. The molecule has 51 heteroatoms. The lowest BCUT2D eigenvalue weighted by Crippen LogP contribution is -2.34. The Morgan fingerprint density at radius 1 is 0.270 bits per heavy atom. The average Bonchev–Trinajstić information content (AvgIpc) is 1.77. The summed E-state index contributed by atoms with van der Waals surface area (Å²) in [5.41, 5.74) is 0. The Kier molecular flexibility index (Phi) is 89.1. The zero-order valence-corrected chi connectivity index (χ0v) is 84.8. The van der Waals surface area contributed by atoms with E-state index in [1.165, 1.54) is 97.1 Å². The third-order valence-corrected chi connectivity index (χ3v) is 17.6. The molecule has 0 bridgehead atoms. The summed E-state index contributed by atoms with van der Waals surface area (Å²) < 4.78 is 118. The van der Waals surface area contributed by atoms with E-state index in [0.717, 1.165) is 19.4 Å². The van der Waals surface area contributed by atoms with Gasteiger partial charge in [-0.05, 0) is 26.7 Å². The summed E-state index contributed by atoms with van der Waals surface area (Å²) in [6.45, 7) is 31.9. The Morgan fingerprint density at radius 2 is 0.525 bits per heavy atom. The second kappa shape index (κ2) is 92.4. The van der Waals surface area contributed by atoms with E-state index in [1.807, 2.05) is 21.6 Å². The molecule has 0 spiro atoms. The topological polar surface area (TPSA) is 599 Å². The van der Waals surface area contributed by atoms with Crippen LogP contribution in [0.15, 0.2) is 0 Å². The van der Waals surface area contributed by atoms with Crippen molar-refractivity contribution in [3.05, 3.63) is 0 Å². The summed E-state index contributed by atoms with van der Waals surface area (Å²) in [5, 5.41) is 0. The minimum absolute atomic E-state index is 0.0120. The molecule has 2 aliphatic rings. The van der Waals surface area contributed by atoms with Crippen molar-refractivity contribution in [1.29, 1.82) is 0 Å². The Hall–Kier alpha value is -11.3. The number of methoxy groups -OCH3 is 2. The molecule has 0 aromatic carbocycles. The van der Waals surface area contributed by atoms with Gasteiger partial charge < -0.3 is 114 Å². The van der Waals surface area contributed by atoms with Crippen molar-refractivity contribution in [2.24, 2.45) is 0 Å². The van der Waals surface area contributed by atoms with Gasteiger partial charge in [0.15, 0.2) is 12.4 Å². The van der Waals surface area contributed by atoms with Crippen LogP contribution in [-0.2, 0) is 214 Å². The highest BCUT2D eigenvalue weighted by Crippen LogP contribution is 2.14. The highest BCUT2D eigenvalue weighted by atomic mass is 16.6. The molecule has 2 rings (SSSR count). The summed E-state index contributed by atoms with van der Waals surface area (Å²) in [6.07, 6.45) is 2.26. The van der Waals surface area contributed by atoms with Crippen molar-refractivity contribution in [2.45, 2.75) is 167 Å². The number of esters is 20. The summed E-state index contributed by atoms with van der Waals surface area (Å²) in [7, 11) is 2.78. The van der Waals surface area contributed by atoms with Crippen LogP contribution in [0.3, 0.4) is 0 Å². The molecule has 2 fully saturated rings. The van der Waals surface area contributed by atoms with Crippen LogP contribution >= 0.6 is 0 Å². The van der Waals surface area contributed by atoms with Crippen molar-refractivity contribution >= 4 is 125 Å². The second-order valence-electron chi connectivity index (χ2n) is 29.7. The molecule has 2 saturated heterocycles. The van der Waals surface area contributed by atoms with Gasteiger partial charge in [-0.2, -0.15) is 0 Å². The number of Topliss-reactive ketones (excluding diaryl/α,β-unsaturated/α-hetero) is 1. The first-order valence-corrected chi connectivity index (χ1v) is 45.8. The van der Waals surface area contributed by atoms with Crippen LogP contribution in [0.4, 0.5) is 0 Å². The minimum Gasteiger partial charge on any atom is -0.466 e. The average molecular weight is 2040 g/mol. The quantitative estimate of drug-likeness (QED) is 0.0441. The predicted octanol–water partition coefficient (Wildman–Crippen LogP) is 0.0434. The summed E-state index contributed by atoms with van der Waals surface area (Å²) >= 11 is 0. The maximum atomic E-state index is 11.8. The van der Waals surface area contributed by atoms with Gasteiger partial charge in [-0.1, -0.05) is 0 Å². The first-order chi connectivity index (χ1) is 66.9. The maximum Gasteiger partial charge on any atom is 0.347 e. The Labute approximate surface area is 823 Å². The Balaban J connectivity index is -0.000000799. The van der Waals surface area contributed by atoms with Crippen LogP contribution in [0.5, 0.6) is 0 Å². The number of nitrogens with zero attached hydrogens (tertiary/aromatic N) is 6. The Morgan fingerprint density at radius 3 is 0.759 bits per heavy atom. The SMILES string of the molecule is CC(=O)COC(=O)CCN(CCOC(C)=O)CCOC(C)=O.CC(=O)OCCN(CCOC(C)=O)CCC(=O)OC1CCOC1=O.CC(=O)OCCN(CCOC(C)=O)CCC(=O)OCC1CCCO1.CCOCCOC(=O)CCN(CCOC(C)=O)CCOC(C)=O.COC(=O)COC(=O)CCN(CCOC(C)=O)CCOC(C)=O.COCCOCCOC(=O)CCN(CCOC(C)=O)CCOC(C)=O. The van der Waals surface area contributed by atoms with Crippen LogP contribution in [0.2, 0.25) is 0 Å². The van der Waals surface area contributed by atoms with Crippen molar-refractivity contribution < 1.29 is 214 Å². The molecule has 0 aliphatic carbocycles. The fraction of sp³-hybridized carbons (Fsp3) is 0.767. The zero-order valence-electron chi connectivity index (χ0n) is 84.8. The summed E-state index contributed by atoms with van der Waals surface area (Å²) in [6, 6.07) is 0. The van der Waals surface area contributed by atoms with Crippen molar-refractivity contribution in [1.82, 2.24) is 29.4 Å². The number of ether oxygens (including phenoxy) is 24. The fourth-order valence-electron chi connectivity index (χ4n) is 10.7. The van der Waals surface area contributed by atoms with Gasteiger partial charge in [-0.25, -0.2) is 9.59 Å². The van der Waals surface area contributed by atoms with E-state index in [2.05, 4.69) is 4.74 Å². The Bertz CT molecular complexity index is 3470. The van der Waals surface area contributed by atoms with Crippen LogP contribution in [0, 0.1) is 0 Å². The van der Waals surface area contributed by atoms with Gasteiger partial charge in [-0.15, -0.1) is 0 Å². The van der Waals surface area contributed by atoms with Crippen LogP contribution in [-0.4, -0.2) is 457 Å². The molecule has 0 N–H and O–H groups in total. The standard InChI is InChI=1S/C16H29NO8.C16H27NO7.C15H23NO8.C15H27NO7.C14H23NO8.C14H23NO7/c1-14(18)23-8-6-17(7-9-24-15(2)19)5-4-16(20)25-13-12-22-11-10-21-3;1-13(18)21-10-7-17(8-11-22-14(2)19)6-5-16(20)24-12-15-4-3-9-23-15;1-11(17)21-9-6-16(7-10-22-12(2)18)5-3-14(19)24-13-4-8-23-15(13)20;1-4-20-11-12-23-15(19)5-6-16(7-9-21-13(2)17)8-10-22-14(3)18;1-11(16)21-8-6-15(7-9-22-12(2)17)5-4-13(18)23-10-14(19)20-3;1-11(16)10-22-14(19)4-5-15(6-8-20-12(2)17)7-9-21-13(3)18/h4-13H2,1-3H3;15H,3-12H2,1-2H3;13H,3-10H2,1-2H3;4-12H2,1-3H3;4-10H2,1-3H3;4-10H2,1-3H3. The number of rotatable bonds is 71. The van der Waals surface area contributed by atoms with Gasteiger partial charge in [-0.3, -0.25) is 120 Å². The first kappa shape index (κ1) is 136. The van der Waals surface area contributed by atoms with E-state index < -0.39 is 66.4 Å². The fourth-order valence-corrected chi connectivity index (χ4v) is 10.7. The monoisotopic (exact) mass is 2040 g/mol. The molecule has 0 radical (unpaired) electrons. The minimum atomic E-state index is -0.826. The molecule has 51 nitrogen and oxygen atoms in total. The van der Waals surface area contributed by atoms with Crippen LogP contribution < -0.4 is 0 Å². The van der Waals surface area contributed by atoms with E-state index in [1.54, 1.807) is 21.8 Å². The second-order valence-corrected chi connectivity index (χ2v) is 29.7. The lowest BCUT2D eigenvalue weighted by molar-refractivity contribution is -0.160. The lowest BCUT2D eigenvalue weighted by Gasteiger charge is -2.21. The van der Waals surface area contributed by atoms with Crippen LogP contribution in [0.1, 0.15) is 155 Å². The molecule has 2 aliphatic heterocycles. The molecule has 0 saturated carbocycles. The van der Waals surface area contributed by atoms with E-state index in [-0.39, 0.29) is 222 Å². The molecule has 2 unspecified atom stereocenters. The maximum absolute atomic E-state index is 11.8. The summed E-state index contributed by atoms with van der Waals surface area (Å²) in [4.78, 5) is 243. The van der Waals surface area contributed by atoms with Gasteiger partial charge in [0, 0.05) is 228 Å². The number of cyclic esters (lactones) is 1. The molecule has 141 heavy (non-hydrogen) atoms. The molecule has 2 heterocycles. The largest absolute Gasteiger partial charge is 0.466 e. The van der Waals surface area contributed by atoms with Crippen molar-refractivity contribution in [2.75, 3.05) is 291 Å². The van der Waals surface area contributed by atoms with Crippen molar-refractivity contribution in [3.63, 3.8) is 0 Å². The number of carbonyl (C=O) groups excluding carboxylic acids is 21. The number of ketones is 1. The van der Waals surface area contributed by atoms with Crippen LogP contribution in [0.25, 0.3) is 0 Å². The highest BCUT2D eigenvalue weighted by Gasteiger charge is 2.31. The third-order valence-electron chi connectivity index (χ3n) is 17.6. The predicted molar refractivity (Wildman–Crippen MR) is 487 cm³/mol.